The van der Waals surface area contributed by atoms with E-state index in [1.54, 1.807) is 13.1 Å². The van der Waals surface area contributed by atoms with Crippen LogP contribution in [0.4, 0.5) is 4.39 Å². The fraction of sp³-hybridized carbons (Fsp3) is 0.700. The molecule has 0 aromatic carbocycles. The lowest BCUT2D eigenvalue weighted by Gasteiger charge is -2.34. The Kier molecular flexibility index (Phi) is 2.54. The lowest BCUT2D eigenvalue weighted by molar-refractivity contribution is 0.0556. The van der Waals surface area contributed by atoms with Gasteiger partial charge in [-0.25, -0.2) is 4.39 Å². The first-order chi connectivity index (χ1) is 6.66. The van der Waals surface area contributed by atoms with Gasteiger partial charge in [-0.2, -0.15) is 5.10 Å². The van der Waals surface area contributed by atoms with Gasteiger partial charge in [-0.3, -0.25) is 10.00 Å². The number of alkyl halides is 1. The number of rotatable bonds is 2. The van der Waals surface area contributed by atoms with Crippen LogP contribution in [0.25, 0.3) is 0 Å². The molecule has 1 fully saturated rings. The molecule has 14 heavy (non-hydrogen) atoms. The zero-order valence-electron chi connectivity index (χ0n) is 8.46. The van der Waals surface area contributed by atoms with Crippen LogP contribution in [-0.2, 0) is 6.54 Å². The van der Waals surface area contributed by atoms with E-state index in [2.05, 4.69) is 15.1 Å². The monoisotopic (exact) mass is 197 g/mol. The molecule has 0 radical (unpaired) electrons. The molecule has 3 nitrogen and oxygen atoms in total. The van der Waals surface area contributed by atoms with Crippen molar-refractivity contribution in [2.24, 2.45) is 0 Å². The molecular formula is C10H16FN3. The standard InChI is InChI=1S/C10H16FN3/c1-10(11)4-2-6-14(8-10)7-9-3-5-12-13-9/h3,5H,2,4,6-8H2,1H3,(H,12,13). The Hall–Kier alpha value is -0.900. The van der Waals surface area contributed by atoms with Gasteiger partial charge in [0, 0.05) is 25.0 Å². The number of hydrogen-bond acceptors (Lipinski definition) is 2. The molecule has 4 heteroatoms. The third-order valence-electron chi connectivity index (χ3n) is 2.68. The predicted octanol–water partition coefficient (Wildman–Crippen LogP) is 1.73. The van der Waals surface area contributed by atoms with E-state index in [0.29, 0.717) is 13.0 Å². The van der Waals surface area contributed by atoms with Gasteiger partial charge in [0.05, 0.1) is 0 Å². The fourth-order valence-corrected chi connectivity index (χ4v) is 2.04. The van der Waals surface area contributed by atoms with Gasteiger partial charge in [-0.15, -0.1) is 0 Å². The van der Waals surface area contributed by atoms with Crippen LogP contribution in [-0.4, -0.2) is 33.9 Å². The van der Waals surface area contributed by atoms with E-state index in [9.17, 15) is 4.39 Å². The summed E-state index contributed by atoms with van der Waals surface area (Å²) in [4.78, 5) is 2.14. The highest BCUT2D eigenvalue weighted by atomic mass is 19.1. The second-order valence-electron chi connectivity index (χ2n) is 4.31. The van der Waals surface area contributed by atoms with E-state index in [1.165, 1.54) is 0 Å². The zero-order valence-corrected chi connectivity index (χ0v) is 8.46. The third kappa shape index (κ3) is 2.32. The van der Waals surface area contributed by atoms with Gasteiger partial charge >= 0.3 is 0 Å². The molecular weight excluding hydrogens is 181 g/mol. The SMILES string of the molecule is CC1(F)CCCN(Cc2ccn[nH]2)C1. The van der Waals surface area contributed by atoms with Crippen LogP contribution in [0, 0.1) is 0 Å². The number of piperidine rings is 1. The second kappa shape index (κ2) is 3.69. The smallest absolute Gasteiger partial charge is 0.120 e. The summed E-state index contributed by atoms with van der Waals surface area (Å²) in [6.45, 7) is 3.98. The molecule has 2 rings (SSSR count). The Morgan fingerprint density at radius 1 is 1.71 bits per heavy atom. The molecule has 0 amide bonds. The Morgan fingerprint density at radius 3 is 3.21 bits per heavy atom. The molecule has 1 aromatic rings. The highest BCUT2D eigenvalue weighted by molar-refractivity contribution is 4.98. The van der Waals surface area contributed by atoms with Crippen molar-refractivity contribution in [3.63, 3.8) is 0 Å². The van der Waals surface area contributed by atoms with E-state index < -0.39 is 5.67 Å². The zero-order chi connectivity index (χ0) is 10.0. The summed E-state index contributed by atoms with van der Waals surface area (Å²) in [7, 11) is 0. The van der Waals surface area contributed by atoms with Crippen molar-refractivity contribution in [1.29, 1.82) is 0 Å². The van der Waals surface area contributed by atoms with Crippen LogP contribution in [0.5, 0.6) is 0 Å². The van der Waals surface area contributed by atoms with Gasteiger partial charge in [-0.1, -0.05) is 0 Å². The van der Waals surface area contributed by atoms with Crippen molar-refractivity contribution in [2.45, 2.75) is 32.0 Å². The first-order valence-corrected chi connectivity index (χ1v) is 5.05. The highest BCUT2D eigenvalue weighted by Gasteiger charge is 2.30. The average molecular weight is 197 g/mol. The van der Waals surface area contributed by atoms with Gasteiger partial charge in [-0.05, 0) is 32.4 Å². The van der Waals surface area contributed by atoms with E-state index in [4.69, 9.17) is 0 Å². The fourth-order valence-electron chi connectivity index (χ4n) is 2.04. The van der Waals surface area contributed by atoms with Gasteiger partial charge in [0.15, 0.2) is 0 Å². The van der Waals surface area contributed by atoms with Crippen LogP contribution >= 0.6 is 0 Å². The van der Waals surface area contributed by atoms with Crippen molar-refractivity contribution in [3.8, 4) is 0 Å². The lowest BCUT2D eigenvalue weighted by Crippen LogP contribution is -2.42. The van der Waals surface area contributed by atoms with Crippen molar-refractivity contribution < 1.29 is 4.39 Å². The molecule has 78 valence electrons. The van der Waals surface area contributed by atoms with Crippen molar-refractivity contribution in [3.05, 3.63) is 18.0 Å². The van der Waals surface area contributed by atoms with E-state index in [-0.39, 0.29) is 0 Å². The average Bonchev–Trinajstić information content (AvgIpc) is 2.54. The molecule has 0 saturated carbocycles. The second-order valence-corrected chi connectivity index (χ2v) is 4.31. The number of H-pyrrole nitrogens is 1. The molecule has 1 atom stereocenters. The Bertz CT molecular complexity index is 282. The minimum atomic E-state index is -1.02. The van der Waals surface area contributed by atoms with Gasteiger partial charge in [0.2, 0.25) is 0 Å². The molecule has 2 heterocycles. The van der Waals surface area contributed by atoms with E-state index in [0.717, 1.165) is 25.2 Å². The summed E-state index contributed by atoms with van der Waals surface area (Å²) in [5.74, 6) is 0. The Labute approximate surface area is 83.3 Å². The quantitative estimate of drug-likeness (QED) is 0.783. The van der Waals surface area contributed by atoms with Crippen LogP contribution in [0.3, 0.4) is 0 Å². The summed E-state index contributed by atoms with van der Waals surface area (Å²) in [6.07, 6.45) is 3.36. The number of halogens is 1. The summed E-state index contributed by atoms with van der Waals surface area (Å²) in [5, 5.41) is 6.78. The first kappa shape index (κ1) is 9.65. The number of likely N-dealkylation sites (tertiary alicyclic amines) is 1. The van der Waals surface area contributed by atoms with Crippen LogP contribution in [0.1, 0.15) is 25.5 Å². The van der Waals surface area contributed by atoms with Crippen molar-refractivity contribution in [2.75, 3.05) is 13.1 Å². The predicted molar refractivity (Wildman–Crippen MR) is 52.6 cm³/mol. The van der Waals surface area contributed by atoms with E-state index >= 15 is 0 Å². The number of nitrogens with zero attached hydrogens (tertiary/aromatic N) is 2. The van der Waals surface area contributed by atoms with Crippen LogP contribution in [0.15, 0.2) is 12.3 Å². The van der Waals surface area contributed by atoms with E-state index in [1.807, 2.05) is 6.07 Å². The number of aromatic nitrogens is 2. The summed E-state index contributed by atoms with van der Waals surface area (Å²) < 4.78 is 13.7. The molecule has 1 aliphatic rings. The summed E-state index contributed by atoms with van der Waals surface area (Å²) in [6, 6.07) is 1.93. The Balaban J connectivity index is 1.92. The van der Waals surface area contributed by atoms with Gasteiger partial charge < -0.3 is 0 Å². The maximum atomic E-state index is 13.7. The first-order valence-electron chi connectivity index (χ1n) is 5.05. The molecule has 1 aliphatic heterocycles. The molecule has 0 bridgehead atoms. The Morgan fingerprint density at radius 2 is 2.57 bits per heavy atom. The summed E-state index contributed by atoms with van der Waals surface area (Å²) >= 11 is 0. The van der Waals surface area contributed by atoms with Crippen molar-refractivity contribution >= 4 is 0 Å². The topological polar surface area (TPSA) is 31.9 Å². The number of aromatic amines is 1. The minimum absolute atomic E-state index is 0.534. The van der Waals surface area contributed by atoms with Crippen LogP contribution in [0.2, 0.25) is 0 Å². The number of hydrogen-bond donors (Lipinski definition) is 1. The summed E-state index contributed by atoms with van der Waals surface area (Å²) in [5.41, 5.74) is 0.0425. The largest absolute Gasteiger partial charge is 0.294 e. The van der Waals surface area contributed by atoms with Gasteiger partial charge in [0.25, 0.3) is 0 Å². The lowest BCUT2D eigenvalue weighted by atomic mass is 9.97. The van der Waals surface area contributed by atoms with Gasteiger partial charge in [0.1, 0.15) is 5.67 Å². The maximum absolute atomic E-state index is 13.7. The molecule has 1 saturated heterocycles. The molecule has 1 aromatic heterocycles. The number of nitrogens with one attached hydrogen (secondary N) is 1. The highest BCUT2D eigenvalue weighted by Crippen LogP contribution is 2.25. The molecule has 1 unspecified atom stereocenters. The third-order valence-corrected chi connectivity index (χ3v) is 2.68. The minimum Gasteiger partial charge on any atom is -0.294 e. The van der Waals surface area contributed by atoms with Crippen molar-refractivity contribution in [1.82, 2.24) is 15.1 Å². The molecule has 0 aliphatic carbocycles. The van der Waals surface area contributed by atoms with Crippen LogP contribution < -0.4 is 0 Å². The molecule has 1 N–H and O–H groups in total. The molecule has 0 spiro atoms. The normalized spacial score (nSPS) is 29.3. The maximum Gasteiger partial charge on any atom is 0.120 e.